The van der Waals surface area contributed by atoms with Crippen LogP contribution in [0.5, 0.6) is 0 Å². The maximum Gasteiger partial charge on any atom is 0.411 e. The monoisotopic (exact) mass is 507 g/mol. The second-order valence-electron chi connectivity index (χ2n) is 10.2. The highest BCUT2D eigenvalue weighted by Gasteiger charge is 2.46. The fourth-order valence-electron chi connectivity index (χ4n) is 4.70. The van der Waals surface area contributed by atoms with Gasteiger partial charge < -0.3 is 19.6 Å². The van der Waals surface area contributed by atoms with Crippen LogP contribution in [-0.2, 0) is 10.3 Å². The molecule has 0 spiro atoms. The summed E-state index contributed by atoms with van der Waals surface area (Å²) in [5, 5.41) is 11.4. The Bertz CT molecular complexity index is 1220. The van der Waals surface area contributed by atoms with Crippen LogP contribution in [-0.4, -0.2) is 58.1 Å². The summed E-state index contributed by atoms with van der Waals surface area (Å²) in [4.78, 5) is 33.7. The molecule has 2 atom stereocenters. The molecule has 0 saturated carbocycles. The zero-order valence-corrected chi connectivity index (χ0v) is 22.2. The van der Waals surface area contributed by atoms with Crippen molar-refractivity contribution >= 4 is 23.3 Å². The normalized spacial score (nSPS) is 19.1. The lowest BCUT2D eigenvalue weighted by Gasteiger charge is -2.45. The molecule has 2 amide bonds. The van der Waals surface area contributed by atoms with Crippen molar-refractivity contribution in [3.8, 4) is 10.6 Å². The first-order chi connectivity index (χ1) is 17.0. The molecular weight excluding hydrogens is 474 g/mol. The highest BCUT2D eigenvalue weighted by atomic mass is 32.1. The van der Waals surface area contributed by atoms with Crippen molar-refractivity contribution in [2.45, 2.75) is 50.9 Å². The van der Waals surface area contributed by atoms with E-state index < -0.39 is 17.3 Å². The summed E-state index contributed by atoms with van der Waals surface area (Å²) in [5.41, 5.74) is 0.929. The van der Waals surface area contributed by atoms with Gasteiger partial charge in [-0.2, -0.15) is 0 Å². The number of cyclic esters (lactones) is 1. The average Bonchev–Trinajstić information content (AvgIpc) is 3.33. The predicted molar refractivity (Wildman–Crippen MR) is 141 cm³/mol. The molecule has 0 radical (unpaired) electrons. The summed E-state index contributed by atoms with van der Waals surface area (Å²) >= 11 is 1.36. The molecule has 1 unspecified atom stereocenters. The number of thiazole rings is 1. The van der Waals surface area contributed by atoms with E-state index in [1.807, 2.05) is 61.5 Å². The highest BCUT2D eigenvalue weighted by molar-refractivity contribution is 7.16. The first-order valence-corrected chi connectivity index (χ1v) is 12.9. The van der Waals surface area contributed by atoms with Gasteiger partial charge in [-0.3, -0.25) is 4.79 Å². The number of carbonyl (C=O) groups is 2. The fraction of sp³-hybridized carbons (Fsp3) is 0.393. The van der Waals surface area contributed by atoms with Gasteiger partial charge in [0, 0.05) is 39.0 Å². The molecule has 1 saturated heterocycles. The second kappa shape index (κ2) is 10.0. The quantitative estimate of drug-likeness (QED) is 0.458. The molecule has 8 heteroatoms. The van der Waals surface area contributed by atoms with Gasteiger partial charge in [-0.15, -0.1) is 11.3 Å². The molecule has 2 heterocycles. The molecule has 1 fully saturated rings. The van der Waals surface area contributed by atoms with Gasteiger partial charge in [-0.05, 0) is 31.9 Å². The molecule has 36 heavy (non-hydrogen) atoms. The average molecular weight is 508 g/mol. The van der Waals surface area contributed by atoms with Gasteiger partial charge in [0.25, 0.3) is 5.91 Å². The Balaban J connectivity index is 1.50. The van der Waals surface area contributed by atoms with E-state index in [0.717, 1.165) is 21.7 Å². The van der Waals surface area contributed by atoms with Crippen molar-refractivity contribution in [3.05, 3.63) is 76.8 Å². The lowest BCUT2D eigenvalue weighted by molar-refractivity contribution is -0.101. The van der Waals surface area contributed by atoms with Gasteiger partial charge in [0.15, 0.2) is 0 Å². The maximum atomic E-state index is 13.3. The third kappa shape index (κ3) is 5.44. The van der Waals surface area contributed by atoms with Crippen LogP contribution in [0.4, 0.5) is 4.79 Å². The molecule has 0 aliphatic carbocycles. The van der Waals surface area contributed by atoms with Gasteiger partial charge in [-0.1, -0.05) is 54.6 Å². The topological polar surface area (TPSA) is 83.0 Å². The number of hydrogen-bond donors (Lipinski definition) is 1. The number of rotatable bonds is 7. The van der Waals surface area contributed by atoms with Crippen molar-refractivity contribution < 1.29 is 19.4 Å². The van der Waals surface area contributed by atoms with E-state index >= 15 is 0 Å². The molecule has 7 nitrogen and oxygen atoms in total. The number of carbonyl (C=O) groups excluding carboxylic acids is 2. The van der Waals surface area contributed by atoms with Crippen LogP contribution in [0.1, 0.15) is 60.5 Å². The van der Waals surface area contributed by atoms with Crippen molar-refractivity contribution in [2.24, 2.45) is 0 Å². The minimum absolute atomic E-state index is 0.0660. The zero-order chi connectivity index (χ0) is 26.1. The molecule has 0 bridgehead atoms. The molecular formula is C28H33N3O4S. The van der Waals surface area contributed by atoms with Crippen LogP contribution < -0.4 is 0 Å². The van der Waals surface area contributed by atoms with Gasteiger partial charge in [-0.25, -0.2) is 9.78 Å². The lowest BCUT2D eigenvalue weighted by atomic mass is 9.80. The smallest absolute Gasteiger partial charge is 0.411 e. The number of ether oxygens (including phenoxy) is 1. The number of hydrogen-bond acceptors (Lipinski definition) is 6. The molecule has 4 rings (SSSR count). The van der Waals surface area contributed by atoms with E-state index in [-0.39, 0.29) is 11.9 Å². The number of aromatic nitrogens is 1. The molecule has 1 aliphatic rings. The maximum absolute atomic E-state index is 13.3. The molecule has 1 N–H and O–H groups in total. The molecule has 1 aliphatic heterocycles. The van der Waals surface area contributed by atoms with Crippen molar-refractivity contribution in [1.29, 1.82) is 0 Å². The summed E-state index contributed by atoms with van der Waals surface area (Å²) in [6.45, 7) is 5.97. The Morgan fingerprint density at radius 3 is 2.44 bits per heavy atom. The Hall–Kier alpha value is -3.23. The highest BCUT2D eigenvalue weighted by Crippen LogP contribution is 2.42. The predicted octanol–water partition coefficient (Wildman–Crippen LogP) is 5.47. The van der Waals surface area contributed by atoms with Gasteiger partial charge >= 0.3 is 6.09 Å². The molecule has 3 aromatic rings. The first-order valence-electron chi connectivity index (χ1n) is 12.0. The van der Waals surface area contributed by atoms with E-state index in [1.54, 1.807) is 39.0 Å². The standard InChI is InChI=1S/C28H33N3O4S/c1-19(20-11-13-21(14-12-20)24-29-17-23(36-24)25(32)30(4)5)31-16-15-28(35-26(31)33,18-27(2,3)34)22-9-7-6-8-10-22/h6-14,17,19,34H,15-16,18H2,1-5H3/t19-,28?/m0/s1. The third-order valence-corrected chi connectivity index (χ3v) is 7.56. The van der Waals surface area contributed by atoms with E-state index in [9.17, 15) is 14.7 Å². The van der Waals surface area contributed by atoms with Crippen LogP contribution in [0.15, 0.2) is 60.8 Å². The minimum Gasteiger partial charge on any atom is -0.438 e. The number of benzene rings is 2. The van der Waals surface area contributed by atoms with Gasteiger partial charge in [0.1, 0.15) is 15.5 Å². The Kier molecular flexibility index (Phi) is 7.20. The lowest BCUT2D eigenvalue weighted by Crippen LogP contribution is -2.51. The van der Waals surface area contributed by atoms with Crippen LogP contribution in [0.2, 0.25) is 0 Å². The van der Waals surface area contributed by atoms with E-state index in [2.05, 4.69) is 4.98 Å². The van der Waals surface area contributed by atoms with Crippen LogP contribution in [0, 0.1) is 0 Å². The van der Waals surface area contributed by atoms with Crippen molar-refractivity contribution in [2.75, 3.05) is 20.6 Å². The SMILES string of the molecule is C[C@@H](c1ccc(-c2ncc(C(=O)N(C)C)s2)cc1)N1CCC(CC(C)(C)O)(c2ccccc2)OC1=O. The number of aliphatic hydroxyl groups is 1. The van der Waals surface area contributed by atoms with Crippen molar-refractivity contribution in [1.82, 2.24) is 14.8 Å². The van der Waals surface area contributed by atoms with Crippen LogP contribution >= 0.6 is 11.3 Å². The molecule has 190 valence electrons. The zero-order valence-electron chi connectivity index (χ0n) is 21.4. The van der Waals surface area contributed by atoms with Gasteiger partial charge in [0.05, 0.1) is 17.8 Å². The largest absolute Gasteiger partial charge is 0.438 e. The van der Waals surface area contributed by atoms with E-state index in [0.29, 0.717) is 24.3 Å². The van der Waals surface area contributed by atoms with Gasteiger partial charge in [0.2, 0.25) is 0 Å². The van der Waals surface area contributed by atoms with Crippen molar-refractivity contribution in [3.63, 3.8) is 0 Å². The summed E-state index contributed by atoms with van der Waals surface area (Å²) < 4.78 is 6.11. The Labute approximate surface area is 216 Å². The first kappa shape index (κ1) is 25.9. The third-order valence-electron chi connectivity index (χ3n) is 6.52. The molecule has 1 aromatic heterocycles. The summed E-state index contributed by atoms with van der Waals surface area (Å²) in [5.74, 6) is -0.0660. The summed E-state index contributed by atoms with van der Waals surface area (Å²) in [7, 11) is 3.44. The fourth-order valence-corrected chi connectivity index (χ4v) is 5.65. The summed E-state index contributed by atoms with van der Waals surface area (Å²) in [6.07, 6.45) is 2.11. The summed E-state index contributed by atoms with van der Waals surface area (Å²) in [6, 6.07) is 17.4. The second-order valence-corrected chi connectivity index (χ2v) is 11.2. The molecule has 2 aromatic carbocycles. The van der Waals surface area contributed by atoms with Crippen LogP contribution in [0.25, 0.3) is 10.6 Å². The number of amides is 2. The van der Waals surface area contributed by atoms with Crippen LogP contribution in [0.3, 0.4) is 0 Å². The van der Waals surface area contributed by atoms with E-state index in [4.69, 9.17) is 4.74 Å². The Morgan fingerprint density at radius 2 is 1.86 bits per heavy atom. The van der Waals surface area contributed by atoms with E-state index in [1.165, 1.54) is 16.2 Å². The minimum atomic E-state index is -0.993. The Morgan fingerprint density at radius 1 is 1.19 bits per heavy atom. The number of nitrogens with zero attached hydrogens (tertiary/aromatic N) is 3.